The maximum atomic E-state index is 13.5. The number of rotatable bonds is 6. The van der Waals surface area contributed by atoms with Gasteiger partial charge in [-0.25, -0.2) is 0 Å². The Morgan fingerprint density at radius 3 is 2.48 bits per heavy atom. The summed E-state index contributed by atoms with van der Waals surface area (Å²) in [5.41, 5.74) is 4.75. The van der Waals surface area contributed by atoms with Gasteiger partial charge >= 0.3 is 0 Å². The molecule has 0 unspecified atom stereocenters. The Hall–Kier alpha value is -2.66. The number of aryl methyl sites for hydroxylation is 1. The van der Waals surface area contributed by atoms with Gasteiger partial charge in [-0.1, -0.05) is 61.0 Å². The highest BCUT2D eigenvalue weighted by Crippen LogP contribution is 2.25. The number of piperidine rings is 1. The average molecular weight is 448 g/mol. The Kier molecular flexibility index (Phi) is 7.81. The zero-order valence-corrected chi connectivity index (χ0v) is 20.1. The molecule has 5 heteroatoms. The molecule has 33 heavy (non-hydrogen) atoms. The molecule has 0 bridgehead atoms. The van der Waals surface area contributed by atoms with Crippen molar-refractivity contribution in [3.8, 4) is 11.1 Å². The van der Waals surface area contributed by atoms with E-state index in [1.165, 1.54) is 16.7 Å². The summed E-state index contributed by atoms with van der Waals surface area (Å²) in [4.78, 5) is 30.7. The van der Waals surface area contributed by atoms with Gasteiger partial charge in [0.1, 0.15) is 0 Å². The lowest BCUT2D eigenvalue weighted by atomic mass is 9.93. The molecule has 2 fully saturated rings. The fourth-order valence-corrected chi connectivity index (χ4v) is 5.20. The lowest BCUT2D eigenvalue weighted by Gasteiger charge is -2.30. The van der Waals surface area contributed by atoms with Gasteiger partial charge in [-0.2, -0.15) is 0 Å². The van der Waals surface area contributed by atoms with E-state index in [0.717, 1.165) is 44.5 Å². The Morgan fingerprint density at radius 2 is 1.76 bits per heavy atom. The Labute approximate surface area is 198 Å². The average Bonchev–Trinajstić information content (AvgIpc) is 2.99. The van der Waals surface area contributed by atoms with Crippen molar-refractivity contribution in [2.75, 3.05) is 39.3 Å². The standard InChI is InChI=1S/C28H37N3O2/c1-3-14-30-15-16-31(27(32)23-10-12-29-13-11-23)20-26(28(30)33)19-22-7-5-9-25(18-22)24-8-4-6-21(2)17-24/h4-9,17-18,23,26,29H,3,10-16,19-20H2,1-2H3/t26-/m1/s1. The van der Waals surface area contributed by atoms with Crippen molar-refractivity contribution >= 4 is 11.8 Å². The monoisotopic (exact) mass is 447 g/mol. The summed E-state index contributed by atoms with van der Waals surface area (Å²) in [7, 11) is 0. The summed E-state index contributed by atoms with van der Waals surface area (Å²) in [5, 5.41) is 3.35. The molecule has 2 aliphatic rings. The molecule has 0 spiro atoms. The first-order chi connectivity index (χ1) is 16.0. The topological polar surface area (TPSA) is 52.6 Å². The van der Waals surface area contributed by atoms with Gasteiger partial charge in [0.05, 0.1) is 5.92 Å². The molecule has 4 rings (SSSR count). The van der Waals surface area contributed by atoms with Gasteiger partial charge in [-0.3, -0.25) is 9.59 Å². The Morgan fingerprint density at radius 1 is 1.03 bits per heavy atom. The van der Waals surface area contributed by atoms with Crippen LogP contribution in [0.1, 0.15) is 37.3 Å². The third-order valence-corrected chi connectivity index (χ3v) is 7.00. The van der Waals surface area contributed by atoms with E-state index in [1.807, 2.05) is 9.80 Å². The second-order valence-corrected chi connectivity index (χ2v) is 9.60. The molecule has 0 radical (unpaired) electrons. The first-order valence-electron chi connectivity index (χ1n) is 12.5. The van der Waals surface area contributed by atoms with Crippen LogP contribution in [-0.2, 0) is 16.0 Å². The van der Waals surface area contributed by atoms with Gasteiger partial charge < -0.3 is 15.1 Å². The van der Waals surface area contributed by atoms with Crippen LogP contribution in [0.2, 0.25) is 0 Å². The molecule has 1 atom stereocenters. The van der Waals surface area contributed by atoms with Gasteiger partial charge in [0.2, 0.25) is 11.8 Å². The van der Waals surface area contributed by atoms with Crippen molar-refractivity contribution < 1.29 is 9.59 Å². The lowest BCUT2D eigenvalue weighted by Crippen LogP contribution is -2.43. The minimum atomic E-state index is -0.197. The van der Waals surface area contributed by atoms with E-state index >= 15 is 0 Å². The van der Waals surface area contributed by atoms with Gasteiger partial charge in [0.25, 0.3) is 0 Å². The first-order valence-corrected chi connectivity index (χ1v) is 12.5. The molecule has 1 N–H and O–H groups in total. The Balaban J connectivity index is 1.55. The number of nitrogens with zero attached hydrogens (tertiary/aromatic N) is 2. The number of hydrogen-bond acceptors (Lipinski definition) is 3. The van der Waals surface area contributed by atoms with E-state index in [2.05, 4.69) is 67.7 Å². The summed E-state index contributed by atoms with van der Waals surface area (Å²) >= 11 is 0. The quantitative estimate of drug-likeness (QED) is 0.731. The smallest absolute Gasteiger partial charge is 0.227 e. The zero-order chi connectivity index (χ0) is 23.2. The number of hydrogen-bond donors (Lipinski definition) is 1. The molecule has 2 amide bonds. The number of carbonyl (C=O) groups is 2. The third kappa shape index (κ3) is 5.83. The summed E-state index contributed by atoms with van der Waals surface area (Å²) in [6.07, 6.45) is 3.38. The van der Waals surface area contributed by atoms with Crippen LogP contribution in [0.3, 0.4) is 0 Å². The van der Waals surface area contributed by atoms with Gasteiger partial charge in [-0.05, 0) is 62.4 Å². The summed E-state index contributed by atoms with van der Waals surface area (Å²) in [6, 6.07) is 17.0. The first kappa shape index (κ1) is 23.5. The minimum Gasteiger partial charge on any atom is -0.341 e. The predicted octanol–water partition coefficient (Wildman–Crippen LogP) is 3.90. The van der Waals surface area contributed by atoms with Crippen LogP contribution in [-0.4, -0.2) is 60.9 Å². The van der Waals surface area contributed by atoms with Crippen LogP contribution >= 0.6 is 0 Å². The van der Waals surface area contributed by atoms with Crippen LogP contribution in [0.15, 0.2) is 48.5 Å². The van der Waals surface area contributed by atoms with E-state index in [9.17, 15) is 9.59 Å². The summed E-state index contributed by atoms with van der Waals surface area (Å²) in [5.74, 6) is 0.321. The summed E-state index contributed by atoms with van der Waals surface area (Å²) < 4.78 is 0. The van der Waals surface area contributed by atoms with Gasteiger partial charge in [0, 0.05) is 32.1 Å². The van der Waals surface area contributed by atoms with E-state index in [4.69, 9.17) is 0 Å². The van der Waals surface area contributed by atoms with Crippen LogP contribution in [0.4, 0.5) is 0 Å². The highest BCUT2D eigenvalue weighted by Gasteiger charge is 2.34. The van der Waals surface area contributed by atoms with Crippen LogP contribution in [0.25, 0.3) is 11.1 Å². The van der Waals surface area contributed by atoms with Crippen LogP contribution in [0, 0.1) is 18.8 Å². The van der Waals surface area contributed by atoms with Crippen LogP contribution in [0.5, 0.6) is 0 Å². The van der Waals surface area contributed by atoms with Crippen molar-refractivity contribution in [2.24, 2.45) is 11.8 Å². The molecule has 176 valence electrons. The molecule has 0 aromatic heterocycles. The van der Waals surface area contributed by atoms with E-state index in [1.54, 1.807) is 0 Å². The molecular formula is C28H37N3O2. The molecule has 5 nitrogen and oxygen atoms in total. The van der Waals surface area contributed by atoms with Crippen molar-refractivity contribution in [1.29, 1.82) is 0 Å². The van der Waals surface area contributed by atoms with E-state index in [-0.39, 0.29) is 23.7 Å². The minimum absolute atomic E-state index is 0.0874. The molecule has 0 aliphatic carbocycles. The third-order valence-electron chi connectivity index (χ3n) is 7.00. The Bertz CT molecular complexity index is 967. The zero-order valence-electron chi connectivity index (χ0n) is 20.1. The molecule has 2 aromatic carbocycles. The van der Waals surface area contributed by atoms with E-state index < -0.39 is 0 Å². The molecule has 2 aliphatic heterocycles. The molecule has 2 saturated heterocycles. The van der Waals surface area contributed by atoms with Gasteiger partial charge in [0.15, 0.2) is 0 Å². The molecular weight excluding hydrogens is 410 g/mol. The maximum Gasteiger partial charge on any atom is 0.227 e. The van der Waals surface area contributed by atoms with Crippen molar-refractivity contribution in [3.63, 3.8) is 0 Å². The van der Waals surface area contributed by atoms with E-state index in [0.29, 0.717) is 26.1 Å². The largest absolute Gasteiger partial charge is 0.341 e. The molecule has 0 saturated carbocycles. The second-order valence-electron chi connectivity index (χ2n) is 9.60. The highest BCUT2D eigenvalue weighted by atomic mass is 16.2. The maximum absolute atomic E-state index is 13.5. The fraction of sp³-hybridized carbons (Fsp3) is 0.500. The normalized spacial score (nSPS) is 20.1. The van der Waals surface area contributed by atoms with Gasteiger partial charge in [-0.15, -0.1) is 0 Å². The van der Waals surface area contributed by atoms with Crippen molar-refractivity contribution in [1.82, 2.24) is 15.1 Å². The predicted molar refractivity (Wildman–Crippen MR) is 133 cm³/mol. The summed E-state index contributed by atoms with van der Waals surface area (Å²) in [6.45, 7) is 8.59. The number of amides is 2. The highest BCUT2D eigenvalue weighted by molar-refractivity contribution is 5.83. The van der Waals surface area contributed by atoms with Crippen molar-refractivity contribution in [3.05, 3.63) is 59.7 Å². The SMILES string of the molecule is CCCN1CCN(C(=O)C2CCNCC2)C[C@@H](Cc2cccc(-c3cccc(C)c3)c2)C1=O. The number of nitrogens with one attached hydrogen (secondary N) is 1. The molecule has 2 aromatic rings. The number of benzene rings is 2. The lowest BCUT2D eigenvalue weighted by molar-refractivity contribution is -0.137. The van der Waals surface area contributed by atoms with Crippen LogP contribution < -0.4 is 5.32 Å². The second kappa shape index (κ2) is 11.0. The number of carbonyl (C=O) groups excluding carboxylic acids is 2. The molecule has 2 heterocycles. The fourth-order valence-electron chi connectivity index (χ4n) is 5.20. The van der Waals surface area contributed by atoms with Crippen molar-refractivity contribution in [2.45, 2.75) is 39.5 Å².